The van der Waals surface area contributed by atoms with E-state index in [-0.39, 0.29) is 5.91 Å². The van der Waals surface area contributed by atoms with Crippen LogP contribution in [0.5, 0.6) is 11.5 Å². The summed E-state index contributed by atoms with van der Waals surface area (Å²) in [4.78, 5) is 25.4. The lowest BCUT2D eigenvalue weighted by molar-refractivity contribution is 0.0949. The van der Waals surface area contributed by atoms with E-state index in [4.69, 9.17) is 25.2 Å². The number of nitrogens with two attached hydrogens (primary N) is 1. The quantitative estimate of drug-likeness (QED) is 0.360. The van der Waals surface area contributed by atoms with Crippen molar-refractivity contribution in [2.45, 2.75) is 32.2 Å². The maximum absolute atomic E-state index is 13.4. The molecule has 3 heterocycles. The first kappa shape index (κ1) is 24.8. The molecule has 3 N–H and O–H groups in total. The van der Waals surface area contributed by atoms with Gasteiger partial charge in [-0.3, -0.25) is 4.79 Å². The first-order valence-corrected chi connectivity index (χ1v) is 12.8. The normalized spacial score (nSPS) is 14.2. The number of aromatic nitrogens is 3. The van der Waals surface area contributed by atoms with Crippen molar-refractivity contribution in [1.82, 2.24) is 24.8 Å². The van der Waals surface area contributed by atoms with Crippen LogP contribution >= 0.6 is 0 Å². The fraction of sp³-hybridized carbons (Fsp3) is 0.393. The molecule has 0 aliphatic carbocycles. The van der Waals surface area contributed by atoms with Gasteiger partial charge in [-0.25, -0.2) is 9.97 Å². The number of nitrogen functional groups attached to an aromatic ring is 1. The number of rotatable bonds is 9. The summed E-state index contributed by atoms with van der Waals surface area (Å²) in [7, 11) is 3.24. The van der Waals surface area contributed by atoms with Crippen molar-refractivity contribution in [3.8, 4) is 11.5 Å². The lowest BCUT2D eigenvalue weighted by Gasteiger charge is -2.26. The topological polar surface area (TPSA) is 108 Å². The van der Waals surface area contributed by atoms with Gasteiger partial charge in [0.15, 0.2) is 17.1 Å². The molecule has 0 bridgehead atoms. The average molecular weight is 503 g/mol. The van der Waals surface area contributed by atoms with Crippen LogP contribution in [0.4, 0.5) is 5.82 Å². The first-order valence-electron chi connectivity index (χ1n) is 12.8. The van der Waals surface area contributed by atoms with E-state index in [1.54, 1.807) is 14.2 Å². The summed E-state index contributed by atoms with van der Waals surface area (Å²) in [5.74, 6) is 1.51. The Balaban J connectivity index is 1.44. The van der Waals surface area contributed by atoms with Crippen molar-refractivity contribution in [2.75, 3.05) is 46.1 Å². The second-order valence-electron chi connectivity index (χ2n) is 9.39. The van der Waals surface area contributed by atoms with Gasteiger partial charge in [-0.05, 0) is 62.2 Å². The van der Waals surface area contributed by atoms with E-state index in [9.17, 15) is 4.79 Å². The van der Waals surface area contributed by atoms with E-state index in [2.05, 4.69) is 10.2 Å². The van der Waals surface area contributed by atoms with Gasteiger partial charge in [0.2, 0.25) is 0 Å². The molecule has 0 unspecified atom stereocenters. The zero-order chi connectivity index (χ0) is 25.8. The summed E-state index contributed by atoms with van der Waals surface area (Å²) in [5, 5.41) is 3.07. The third-order valence-electron chi connectivity index (χ3n) is 7.05. The molecular weight excluding hydrogens is 468 g/mol. The SMILES string of the molecule is COc1ccc(CCn2c(N)c(C(=O)NCCN3CCCCC3)c3nc4ccccc4nc32)cc1OC. The van der Waals surface area contributed by atoms with E-state index < -0.39 is 0 Å². The summed E-state index contributed by atoms with van der Waals surface area (Å²) in [6.45, 7) is 4.11. The van der Waals surface area contributed by atoms with Gasteiger partial charge < -0.3 is 30.0 Å². The van der Waals surface area contributed by atoms with Crippen molar-refractivity contribution in [2.24, 2.45) is 0 Å². The zero-order valence-electron chi connectivity index (χ0n) is 21.5. The monoisotopic (exact) mass is 502 g/mol. The van der Waals surface area contributed by atoms with Gasteiger partial charge in [0.1, 0.15) is 16.9 Å². The Morgan fingerprint density at radius 1 is 0.973 bits per heavy atom. The van der Waals surface area contributed by atoms with Gasteiger partial charge in [-0.15, -0.1) is 0 Å². The first-order chi connectivity index (χ1) is 18.1. The Labute approximate surface area is 216 Å². The second-order valence-corrected chi connectivity index (χ2v) is 9.39. The van der Waals surface area contributed by atoms with Crippen LogP contribution in [-0.2, 0) is 13.0 Å². The fourth-order valence-electron chi connectivity index (χ4n) is 5.04. The Kier molecular flexibility index (Phi) is 7.41. The number of carbonyl (C=O) groups is 1. The number of amides is 1. The molecule has 1 fully saturated rings. The van der Waals surface area contributed by atoms with E-state index in [1.165, 1.54) is 19.3 Å². The van der Waals surface area contributed by atoms with Crippen LogP contribution in [0.1, 0.15) is 35.2 Å². The highest BCUT2D eigenvalue weighted by atomic mass is 16.5. The van der Waals surface area contributed by atoms with Crippen molar-refractivity contribution in [1.29, 1.82) is 0 Å². The molecule has 1 amide bonds. The predicted molar refractivity (Wildman–Crippen MR) is 145 cm³/mol. The van der Waals surface area contributed by atoms with Crippen molar-refractivity contribution in [3.63, 3.8) is 0 Å². The Morgan fingerprint density at radius 3 is 2.43 bits per heavy atom. The average Bonchev–Trinajstić information content (AvgIpc) is 3.20. The summed E-state index contributed by atoms with van der Waals surface area (Å²) in [6, 6.07) is 13.5. The second kappa shape index (κ2) is 11.0. The third kappa shape index (κ3) is 5.17. The van der Waals surface area contributed by atoms with Gasteiger partial charge in [0, 0.05) is 19.6 Å². The highest BCUT2D eigenvalue weighted by Gasteiger charge is 2.24. The minimum atomic E-state index is -0.214. The number of benzene rings is 2. The third-order valence-corrected chi connectivity index (χ3v) is 7.05. The molecule has 2 aromatic heterocycles. The number of aryl methyl sites for hydroxylation is 2. The molecule has 0 atom stereocenters. The summed E-state index contributed by atoms with van der Waals surface area (Å²) < 4.78 is 12.7. The van der Waals surface area contributed by atoms with E-state index >= 15 is 0 Å². The number of methoxy groups -OCH3 is 2. The minimum absolute atomic E-state index is 0.214. The molecule has 9 nitrogen and oxygen atoms in total. The van der Waals surface area contributed by atoms with E-state index in [0.717, 1.165) is 36.2 Å². The van der Waals surface area contributed by atoms with Gasteiger partial charge in [-0.1, -0.05) is 24.6 Å². The molecule has 1 aliphatic heterocycles. The number of nitrogens with zero attached hydrogens (tertiary/aromatic N) is 4. The molecule has 1 saturated heterocycles. The highest BCUT2D eigenvalue weighted by molar-refractivity contribution is 6.10. The number of para-hydroxylation sites is 2. The van der Waals surface area contributed by atoms with E-state index in [0.29, 0.717) is 53.6 Å². The number of nitrogens with one attached hydrogen (secondary N) is 1. The number of anilines is 1. The van der Waals surface area contributed by atoms with Crippen LogP contribution in [0.3, 0.4) is 0 Å². The Bertz CT molecular complexity index is 1410. The standard InChI is InChI=1S/C28H34N6O3/c1-36-22-11-10-19(18-23(22)37-2)12-16-34-26(29)24(28(35)30-13-17-33-14-6-3-7-15-33)25-27(34)32-21-9-5-4-8-20(21)31-25/h4-5,8-11,18H,3,6-7,12-17,29H2,1-2H3,(H,30,35). The van der Waals surface area contributed by atoms with Gasteiger partial charge >= 0.3 is 0 Å². The number of hydrogen-bond donors (Lipinski definition) is 2. The van der Waals surface area contributed by atoms with Crippen LogP contribution in [0.2, 0.25) is 0 Å². The van der Waals surface area contributed by atoms with Crippen LogP contribution in [0.25, 0.3) is 22.2 Å². The number of piperidine rings is 1. The van der Waals surface area contributed by atoms with Crippen molar-refractivity contribution in [3.05, 3.63) is 53.6 Å². The molecule has 0 spiro atoms. The van der Waals surface area contributed by atoms with Gasteiger partial charge in [0.25, 0.3) is 5.91 Å². The van der Waals surface area contributed by atoms with Crippen LogP contribution in [-0.4, -0.2) is 65.7 Å². The predicted octanol–water partition coefficient (Wildman–Crippen LogP) is 3.64. The number of hydrogen-bond acceptors (Lipinski definition) is 7. The zero-order valence-corrected chi connectivity index (χ0v) is 21.5. The summed E-state index contributed by atoms with van der Waals surface area (Å²) in [5.41, 5.74) is 10.7. The fourth-order valence-corrected chi connectivity index (χ4v) is 5.04. The van der Waals surface area contributed by atoms with Crippen molar-refractivity contribution >= 4 is 33.9 Å². The van der Waals surface area contributed by atoms with Crippen LogP contribution in [0.15, 0.2) is 42.5 Å². The number of likely N-dealkylation sites (tertiary alicyclic amines) is 1. The lowest BCUT2D eigenvalue weighted by Crippen LogP contribution is -2.37. The highest BCUT2D eigenvalue weighted by Crippen LogP contribution is 2.30. The van der Waals surface area contributed by atoms with Crippen LogP contribution in [0, 0.1) is 0 Å². The maximum Gasteiger partial charge on any atom is 0.257 e. The molecular formula is C28H34N6O3. The Hall–Kier alpha value is -3.85. The molecule has 9 heteroatoms. The van der Waals surface area contributed by atoms with Crippen LogP contribution < -0.4 is 20.5 Å². The Morgan fingerprint density at radius 2 is 1.70 bits per heavy atom. The molecule has 4 aromatic rings. The van der Waals surface area contributed by atoms with Crippen molar-refractivity contribution < 1.29 is 14.3 Å². The molecule has 1 aliphatic rings. The lowest BCUT2D eigenvalue weighted by atomic mass is 10.1. The summed E-state index contributed by atoms with van der Waals surface area (Å²) >= 11 is 0. The number of carbonyl (C=O) groups excluding carboxylic acids is 1. The largest absolute Gasteiger partial charge is 0.493 e. The molecule has 5 rings (SSSR count). The number of fused-ring (bicyclic) bond motifs is 2. The minimum Gasteiger partial charge on any atom is -0.493 e. The molecule has 0 saturated carbocycles. The van der Waals surface area contributed by atoms with Gasteiger partial charge in [-0.2, -0.15) is 0 Å². The smallest absolute Gasteiger partial charge is 0.257 e. The molecule has 37 heavy (non-hydrogen) atoms. The van der Waals surface area contributed by atoms with E-state index in [1.807, 2.05) is 47.0 Å². The molecule has 2 aromatic carbocycles. The molecule has 0 radical (unpaired) electrons. The number of ether oxygens (including phenoxy) is 2. The summed E-state index contributed by atoms with van der Waals surface area (Å²) in [6.07, 6.45) is 4.39. The molecule has 194 valence electrons. The van der Waals surface area contributed by atoms with Gasteiger partial charge in [0.05, 0.1) is 25.3 Å². The maximum atomic E-state index is 13.4.